The minimum absolute atomic E-state index is 0.241. The van der Waals surface area contributed by atoms with E-state index in [0.29, 0.717) is 25.3 Å². The average molecular weight is 311 g/mol. The number of hydrogen-bond donors (Lipinski definition) is 1. The fourth-order valence-electron chi connectivity index (χ4n) is 2.70. The van der Waals surface area contributed by atoms with Crippen LogP contribution in [0.25, 0.3) is 0 Å². The van der Waals surface area contributed by atoms with Crippen molar-refractivity contribution in [2.24, 2.45) is 0 Å². The maximum absolute atomic E-state index is 13.0. The minimum atomic E-state index is -0.241. The second kappa shape index (κ2) is 7.12. The number of benzene rings is 2. The van der Waals surface area contributed by atoms with Crippen molar-refractivity contribution in [3.05, 3.63) is 59.4 Å². The van der Waals surface area contributed by atoms with Crippen molar-refractivity contribution in [1.29, 1.82) is 5.26 Å². The summed E-state index contributed by atoms with van der Waals surface area (Å²) in [5.41, 5.74) is 3.47. The van der Waals surface area contributed by atoms with Crippen LogP contribution in [0.5, 0.6) is 0 Å². The Hall–Kier alpha value is -2.58. The normalized spacial score (nSPS) is 14.3. The van der Waals surface area contributed by atoms with E-state index in [1.54, 1.807) is 12.1 Å². The monoisotopic (exact) mass is 311 g/mol. The molecule has 2 aromatic carbocycles. The molecule has 5 heteroatoms. The lowest BCUT2D eigenvalue weighted by atomic mass is 10.1. The topological polar surface area (TPSA) is 48.3 Å². The highest BCUT2D eigenvalue weighted by Crippen LogP contribution is 2.31. The maximum atomic E-state index is 13.0. The molecule has 0 amide bonds. The van der Waals surface area contributed by atoms with Crippen LogP contribution in [0.1, 0.15) is 11.1 Å². The van der Waals surface area contributed by atoms with Crippen molar-refractivity contribution in [3.63, 3.8) is 0 Å². The Morgan fingerprint density at radius 1 is 1.13 bits per heavy atom. The van der Waals surface area contributed by atoms with E-state index in [2.05, 4.69) is 16.3 Å². The molecule has 0 bridgehead atoms. The maximum Gasteiger partial charge on any atom is 0.123 e. The van der Waals surface area contributed by atoms with Crippen molar-refractivity contribution in [2.45, 2.75) is 6.54 Å². The molecule has 118 valence electrons. The molecule has 23 heavy (non-hydrogen) atoms. The summed E-state index contributed by atoms with van der Waals surface area (Å²) in [5, 5.41) is 12.8. The van der Waals surface area contributed by atoms with Crippen molar-refractivity contribution in [2.75, 3.05) is 36.5 Å². The number of nitrogens with one attached hydrogen (secondary N) is 1. The van der Waals surface area contributed by atoms with Gasteiger partial charge in [0.15, 0.2) is 0 Å². The first-order valence-electron chi connectivity index (χ1n) is 7.62. The summed E-state index contributed by atoms with van der Waals surface area (Å²) >= 11 is 0. The zero-order chi connectivity index (χ0) is 16.1. The quantitative estimate of drug-likeness (QED) is 0.942. The summed E-state index contributed by atoms with van der Waals surface area (Å²) < 4.78 is 18.4. The molecule has 0 spiro atoms. The Morgan fingerprint density at radius 3 is 2.57 bits per heavy atom. The van der Waals surface area contributed by atoms with Gasteiger partial charge in [0.1, 0.15) is 11.9 Å². The molecule has 1 heterocycles. The summed E-state index contributed by atoms with van der Waals surface area (Å²) in [5.74, 6) is -0.241. The van der Waals surface area contributed by atoms with E-state index in [1.807, 2.05) is 18.2 Å². The second-order valence-electron chi connectivity index (χ2n) is 5.39. The van der Waals surface area contributed by atoms with E-state index in [4.69, 9.17) is 4.74 Å². The van der Waals surface area contributed by atoms with E-state index in [1.165, 1.54) is 12.1 Å². The Labute approximate surface area is 135 Å². The third-order valence-corrected chi connectivity index (χ3v) is 3.88. The van der Waals surface area contributed by atoms with Crippen LogP contribution in [-0.4, -0.2) is 26.3 Å². The molecule has 3 rings (SSSR count). The van der Waals surface area contributed by atoms with Crippen molar-refractivity contribution >= 4 is 11.4 Å². The molecular weight excluding hydrogens is 293 g/mol. The molecule has 1 aliphatic heterocycles. The van der Waals surface area contributed by atoms with Gasteiger partial charge in [-0.05, 0) is 29.8 Å². The van der Waals surface area contributed by atoms with Gasteiger partial charge in [0.25, 0.3) is 0 Å². The predicted molar refractivity (Wildman–Crippen MR) is 87.9 cm³/mol. The Balaban J connectivity index is 1.83. The van der Waals surface area contributed by atoms with Crippen molar-refractivity contribution in [1.82, 2.24) is 0 Å². The van der Waals surface area contributed by atoms with Gasteiger partial charge in [0, 0.05) is 19.6 Å². The smallest absolute Gasteiger partial charge is 0.123 e. The molecule has 1 N–H and O–H groups in total. The molecule has 4 nitrogen and oxygen atoms in total. The first kappa shape index (κ1) is 15.3. The lowest BCUT2D eigenvalue weighted by Crippen LogP contribution is -2.37. The minimum Gasteiger partial charge on any atom is -0.379 e. The number of ether oxygens (including phenoxy) is 1. The average Bonchev–Trinajstić information content (AvgIpc) is 2.61. The van der Waals surface area contributed by atoms with Gasteiger partial charge in [-0.1, -0.05) is 18.2 Å². The van der Waals surface area contributed by atoms with Gasteiger partial charge in [-0.25, -0.2) is 4.39 Å². The van der Waals surface area contributed by atoms with Gasteiger partial charge >= 0.3 is 0 Å². The number of anilines is 2. The SMILES string of the molecule is N#Cc1cccc(NCc2ccc(F)cc2)c1N1CCOCC1. The van der Waals surface area contributed by atoms with Gasteiger partial charge < -0.3 is 15.0 Å². The van der Waals surface area contributed by atoms with Gasteiger partial charge in [0.2, 0.25) is 0 Å². The van der Waals surface area contributed by atoms with Gasteiger partial charge in [-0.2, -0.15) is 5.26 Å². The Morgan fingerprint density at radius 2 is 1.87 bits per heavy atom. The number of halogens is 1. The van der Waals surface area contributed by atoms with Gasteiger partial charge in [-0.15, -0.1) is 0 Å². The third kappa shape index (κ3) is 3.61. The largest absolute Gasteiger partial charge is 0.379 e. The fraction of sp³-hybridized carbons (Fsp3) is 0.278. The first-order valence-corrected chi connectivity index (χ1v) is 7.62. The summed E-state index contributed by atoms with van der Waals surface area (Å²) in [6, 6.07) is 14.3. The number of morpholine rings is 1. The van der Waals surface area contributed by atoms with Gasteiger partial charge in [0.05, 0.1) is 30.2 Å². The summed E-state index contributed by atoms with van der Waals surface area (Å²) in [6.07, 6.45) is 0. The van der Waals surface area contributed by atoms with E-state index in [0.717, 1.165) is 30.0 Å². The molecule has 0 saturated carbocycles. The van der Waals surface area contributed by atoms with Gasteiger partial charge in [-0.3, -0.25) is 0 Å². The molecule has 0 atom stereocenters. The summed E-state index contributed by atoms with van der Waals surface area (Å²) in [7, 11) is 0. The van der Waals surface area contributed by atoms with Crippen LogP contribution in [-0.2, 0) is 11.3 Å². The molecular formula is C18H18FN3O. The van der Waals surface area contributed by atoms with Crippen molar-refractivity contribution < 1.29 is 9.13 Å². The molecule has 1 aliphatic rings. The molecule has 0 unspecified atom stereocenters. The molecule has 0 radical (unpaired) electrons. The molecule has 0 aromatic heterocycles. The van der Waals surface area contributed by atoms with Crippen LogP contribution in [0.2, 0.25) is 0 Å². The highest BCUT2D eigenvalue weighted by atomic mass is 19.1. The molecule has 2 aromatic rings. The number of hydrogen-bond acceptors (Lipinski definition) is 4. The Kier molecular flexibility index (Phi) is 4.74. The fourth-order valence-corrected chi connectivity index (χ4v) is 2.70. The van der Waals surface area contributed by atoms with Crippen LogP contribution >= 0.6 is 0 Å². The van der Waals surface area contributed by atoms with Crippen LogP contribution in [0.4, 0.5) is 15.8 Å². The standard InChI is InChI=1S/C18H18FN3O/c19-16-6-4-14(5-7-16)13-21-17-3-1-2-15(12-20)18(17)22-8-10-23-11-9-22/h1-7,21H,8-11,13H2. The summed E-state index contributed by atoms with van der Waals surface area (Å²) in [6.45, 7) is 3.44. The highest BCUT2D eigenvalue weighted by molar-refractivity contribution is 5.76. The molecule has 1 fully saturated rings. The van der Waals surface area contributed by atoms with Crippen molar-refractivity contribution in [3.8, 4) is 6.07 Å². The van der Waals surface area contributed by atoms with Crippen LogP contribution < -0.4 is 10.2 Å². The highest BCUT2D eigenvalue weighted by Gasteiger charge is 2.18. The first-order chi connectivity index (χ1) is 11.3. The third-order valence-electron chi connectivity index (χ3n) is 3.88. The lowest BCUT2D eigenvalue weighted by Gasteiger charge is -2.31. The number of nitriles is 1. The van der Waals surface area contributed by atoms with E-state index >= 15 is 0 Å². The van der Waals surface area contributed by atoms with E-state index in [-0.39, 0.29) is 5.82 Å². The summed E-state index contributed by atoms with van der Waals surface area (Å²) in [4.78, 5) is 2.18. The molecule has 0 aliphatic carbocycles. The zero-order valence-corrected chi connectivity index (χ0v) is 12.8. The lowest BCUT2D eigenvalue weighted by molar-refractivity contribution is 0.122. The molecule has 1 saturated heterocycles. The Bertz CT molecular complexity index is 703. The van der Waals surface area contributed by atoms with Crippen LogP contribution in [0, 0.1) is 17.1 Å². The van der Waals surface area contributed by atoms with E-state index in [9.17, 15) is 9.65 Å². The van der Waals surface area contributed by atoms with E-state index < -0.39 is 0 Å². The predicted octanol–water partition coefficient (Wildman–Crippen LogP) is 3.15. The second-order valence-corrected chi connectivity index (χ2v) is 5.39. The number of para-hydroxylation sites is 1. The van der Waals surface area contributed by atoms with Crippen LogP contribution in [0.15, 0.2) is 42.5 Å². The zero-order valence-electron chi connectivity index (χ0n) is 12.8. The number of nitrogens with zero attached hydrogens (tertiary/aromatic N) is 2. The number of rotatable bonds is 4. The van der Waals surface area contributed by atoms with Crippen LogP contribution in [0.3, 0.4) is 0 Å².